The summed E-state index contributed by atoms with van der Waals surface area (Å²) in [7, 11) is 0. The number of thiophene rings is 1. The first-order valence-electron chi connectivity index (χ1n) is 15.2. The Labute approximate surface area is 265 Å². The Morgan fingerprint density at radius 1 is 1.11 bits per heavy atom. The van der Waals surface area contributed by atoms with E-state index in [9.17, 15) is 14.0 Å². The van der Waals surface area contributed by atoms with Crippen LogP contribution in [-0.4, -0.2) is 64.6 Å². The van der Waals surface area contributed by atoms with Crippen LogP contribution in [0.25, 0.3) is 37.3 Å². The summed E-state index contributed by atoms with van der Waals surface area (Å²) < 4.78 is 27.8. The molecule has 6 rings (SSSR count). The van der Waals surface area contributed by atoms with Gasteiger partial charge >= 0.3 is 6.09 Å². The van der Waals surface area contributed by atoms with E-state index in [4.69, 9.17) is 21.1 Å². The third kappa shape index (κ3) is 6.87. The van der Waals surface area contributed by atoms with Crippen LogP contribution >= 0.6 is 11.3 Å². The second-order valence-electron chi connectivity index (χ2n) is 12.6. The fourth-order valence-corrected chi connectivity index (χ4v) is 7.07. The molecule has 2 fully saturated rings. The number of halogens is 1. The van der Waals surface area contributed by atoms with Gasteiger partial charge in [-0.3, -0.25) is 9.48 Å². The number of nitrogens with zero attached hydrogens (tertiary/aromatic N) is 4. The van der Waals surface area contributed by atoms with E-state index in [1.54, 1.807) is 11.0 Å². The Balaban J connectivity index is 1.32. The van der Waals surface area contributed by atoms with Gasteiger partial charge in [0.05, 0.1) is 23.0 Å². The Kier molecular flexibility index (Phi) is 8.62. The first-order chi connectivity index (χ1) is 21.6. The number of hydrogen-bond acceptors (Lipinski definition) is 6. The minimum Gasteiger partial charge on any atom is -0.444 e. The molecule has 234 valence electrons. The van der Waals surface area contributed by atoms with E-state index in [-0.39, 0.29) is 17.6 Å². The minimum atomic E-state index is -0.614. The molecular weight excluding hydrogens is 593 g/mol. The van der Waals surface area contributed by atoms with Gasteiger partial charge in [0.15, 0.2) is 0 Å². The average molecular weight is 630 g/mol. The molecule has 0 saturated carbocycles. The zero-order chi connectivity index (χ0) is 31.7. The quantitative estimate of drug-likeness (QED) is 0.230. The Morgan fingerprint density at radius 2 is 1.89 bits per heavy atom. The number of ether oxygens (including phenoxy) is 2. The molecule has 45 heavy (non-hydrogen) atoms. The number of amides is 2. The lowest BCUT2D eigenvalue weighted by molar-refractivity contribution is 0.0453. The highest BCUT2D eigenvalue weighted by Gasteiger charge is 2.29. The summed E-state index contributed by atoms with van der Waals surface area (Å²) in [6, 6.07) is 12.5. The lowest BCUT2D eigenvalue weighted by Crippen LogP contribution is -2.50. The molecule has 0 bridgehead atoms. The highest BCUT2D eigenvalue weighted by molar-refractivity contribution is 7.18. The predicted molar refractivity (Wildman–Crippen MR) is 172 cm³/mol. The Bertz CT molecular complexity index is 1780. The molecule has 2 aromatic carbocycles. The van der Waals surface area contributed by atoms with E-state index >= 15 is 0 Å². The van der Waals surface area contributed by atoms with Crippen molar-refractivity contribution in [1.82, 2.24) is 20.0 Å². The molecule has 0 unspecified atom stereocenters. The molecule has 2 aliphatic heterocycles. The number of rotatable bonds is 5. The van der Waals surface area contributed by atoms with Gasteiger partial charge in [-0.05, 0) is 81.8 Å². The minimum absolute atomic E-state index is 0.0504. The molecule has 4 heterocycles. The van der Waals surface area contributed by atoms with Crippen molar-refractivity contribution >= 4 is 39.9 Å². The standard InChI is InChI=1S/C34H36FN5O4S/c1-34(2,3)44-33(42)37-24-6-5-13-39(20-24)32(41)30-18-26(21-7-10-29(36-4)27(35)17-21)31(45-30)22-8-9-28-23(16-22)19-40(38-28)25-11-14-43-15-12-25/h7-10,16-19,24-25H,5-6,11-15,20H2,1-3H3,(H,37,42)/t24-/m1/s1. The van der Waals surface area contributed by atoms with Crippen molar-refractivity contribution in [2.45, 2.75) is 64.1 Å². The van der Waals surface area contributed by atoms with Crippen LogP contribution in [0.2, 0.25) is 0 Å². The van der Waals surface area contributed by atoms with Gasteiger partial charge < -0.3 is 19.7 Å². The number of alkyl carbamates (subject to hydrolysis) is 1. The number of aromatic nitrogens is 2. The van der Waals surface area contributed by atoms with E-state index in [1.807, 2.05) is 43.7 Å². The van der Waals surface area contributed by atoms with Crippen LogP contribution in [-0.2, 0) is 9.47 Å². The highest BCUT2D eigenvalue weighted by Crippen LogP contribution is 2.42. The number of carbonyl (C=O) groups excluding carboxylic acids is 2. The van der Waals surface area contributed by atoms with Crippen molar-refractivity contribution in [2.75, 3.05) is 26.3 Å². The number of benzene rings is 2. The lowest BCUT2D eigenvalue weighted by Gasteiger charge is -2.33. The van der Waals surface area contributed by atoms with Gasteiger partial charge in [-0.2, -0.15) is 5.10 Å². The maximum absolute atomic E-state index is 14.8. The van der Waals surface area contributed by atoms with E-state index in [0.29, 0.717) is 29.6 Å². The van der Waals surface area contributed by atoms with Crippen LogP contribution < -0.4 is 5.32 Å². The molecule has 4 aromatic rings. The largest absolute Gasteiger partial charge is 0.444 e. The maximum Gasteiger partial charge on any atom is 0.407 e. The van der Waals surface area contributed by atoms with Gasteiger partial charge in [0.2, 0.25) is 5.69 Å². The summed E-state index contributed by atoms with van der Waals surface area (Å²) >= 11 is 1.36. The molecule has 11 heteroatoms. The van der Waals surface area contributed by atoms with E-state index in [1.165, 1.54) is 23.5 Å². The molecule has 1 N–H and O–H groups in total. The fourth-order valence-electron chi connectivity index (χ4n) is 5.92. The van der Waals surface area contributed by atoms with Crippen molar-refractivity contribution < 1.29 is 23.5 Å². The molecule has 2 amide bonds. The van der Waals surface area contributed by atoms with Crippen LogP contribution in [0.3, 0.4) is 0 Å². The molecule has 0 aliphatic carbocycles. The molecule has 2 saturated heterocycles. The number of carbonyl (C=O) groups is 2. The Morgan fingerprint density at radius 3 is 2.62 bits per heavy atom. The normalized spacial score (nSPS) is 17.7. The summed E-state index contributed by atoms with van der Waals surface area (Å²) in [5.74, 6) is -0.748. The van der Waals surface area contributed by atoms with Crippen molar-refractivity contribution in [3.63, 3.8) is 0 Å². The van der Waals surface area contributed by atoms with Gasteiger partial charge in [-0.15, -0.1) is 11.3 Å². The van der Waals surface area contributed by atoms with Crippen molar-refractivity contribution in [1.29, 1.82) is 0 Å². The second kappa shape index (κ2) is 12.6. The van der Waals surface area contributed by atoms with Crippen LogP contribution in [0.5, 0.6) is 0 Å². The van der Waals surface area contributed by atoms with Crippen LogP contribution in [0.15, 0.2) is 48.7 Å². The summed E-state index contributed by atoms with van der Waals surface area (Å²) in [6.07, 6.45) is 4.88. The molecule has 0 spiro atoms. The van der Waals surface area contributed by atoms with Gasteiger partial charge in [0, 0.05) is 54.4 Å². The van der Waals surface area contributed by atoms with Crippen LogP contribution in [0.1, 0.15) is 62.2 Å². The smallest absolute Gasteiger partial charge is 0.407 e. The third-order valence-electron chi connectivity index (χ3n) is 8.10. The Hall–Kier alpha value is -4.27. The van der Waals surface area contributed by atoms with Gasteiger partial charge in [-0.25, -0.2) is 14.0 Å². The number of likely N-dealkylation sites (tertiary alicyclic amines) is 1. The fraction of sp³-hybridized carbons (Fsp3) is 0.412. The van der Waals surface area contributed by atoms with Gasteiger partial charge in [-0.1, -0.05) is 18.2 Å². The topological polar surface area (TPSA) is 90.0 Å². The number of hydrogen-bond donors (Lipinski definition) is 1. The van der Waals surface area contributed by atoms with Gasteiger partial charge in [0.25, 0.3) is 5.91 Å². The van der Waals surface area contributed by atoms with E-state index in [2.05, 4.69) is 22.4 Å². The number of fused-ring (bicyclic) bond motifs is 1. The summed E-state index contributed by atoms with van der Waals surface area (Å²) in [6.45, 7) is 15.1. The van der Waals surface area contributed by atoms with Crippen molar-refractivity contribution in [3.05, 3.63) is 70.8 Å². The molecule has 2 aromatic heterocycles. The highest BCUT2D eigenvalue weighted by atomic mass is 32.1. The van der Waals surface area contributed by atoms with E-state index in [0.717, 1.165) is 65.8 Å². The molecule has 0 radical (unpaired) electrons. The monoisotopic (exact) mass is 629 g/mol. The van der Waals surface area contributed by atoms with Crippen LogP contribution in [0.4, 0.5) is 14.9 Å². The van der Waals surface area contributed by atoms with Gasteiger partial charge in [0.1, 0.15) is 11.4 Å². The molecule has 1 atom stereocenters. The predicted octanol–water partition coefficient (Wildman–Crippen LogP) is 7.60. The van der Waals surface area contributed by atoms with Crippen molar-refractivity contribution in [3.8, 4) is 21.6 Å². The lowest BCUT2D eigenvalue weighted by atomic mass is 10.0. The second-order valence-corrected chi connectivity index (χ2v) is 13.6. The maximum atomic E-state index is 14.8. The molecule has 2 aliphatic rings. The van der Waals surface area contributed by atoms with Crippen LogP contribution in [0, 0.1) is 12.4 Å². The van der Waals surface area contributed by atoms with Crippen molar-refractivity contribution in [2.24, 2.45) is 0 Å². The summed E-state index contributed by atoms with van der Waals surface area (Å²) in [5.41, 5.74) is 2.42. The average Bonchev–Trinajstić information content (AvgIpc) is 3.65. The van der Waals surface area contributed by atoms with E-state index < -0.39 is 17.5 Å². The SMILES string of the molecule is [C-]#[N+]c1ccc(-c2cc(C(=O)N3CCC[C@@H](NC(=O)OC(C)(C)C)C3)sc2-c2ccc3nn(C4CCOCC4)cc3c2)cc1F. The first kappa shape index (κ1) is 30.7. The first-order valence-corrected chi connectivity index (χ1v) is 16.1. The summed E-state index contributed by atoms with van der Waals surface area (Å²) in [4.78, 5) is 32.7. The number of piperidine rings is 1. The summed E-state index contributed by atoms with van der Waals surface area (Å²) in [5, 5.41) is 8.70. The zero-order valence-electron chi connectivity index (χ0n) is 25.6. The third-order valence-corrected chi connectivity index (χ3v) is 9.27. The zero-order valence-corrected chi connectivity index (χ0v) is 26.5. The molecular formula is C34H36FN5O4S. The number of nitrogens with one attached hydrogen (secondary N) is 1. The molecule has 9 nitrogen and oxygen atoms in total.